The highest BCUT2D eigenvalue weighted by Gasteiger charge is 2.19. The Bertz CT molecular complexity index is 255. The molecule has 0 aromatic rings. The molecular formula is C10H14O4. The number of allylic oxidation sites excluding steroid dienone is 1. The van der Waals surface area contributed by atoms with Gasteiger partial charge in [0.2, 0.25) is 5.76 Å². The minimum atomic E-state index is -0.536. The Labute approximate surface area is 82.9 Å². The second-order valence-electron chi connectivity index (χ2n) is 3.07. The lowest BCUT2D eigenvalue weighted by atomic mass is 10.2. The van der Waals surface area contributed by atoms with Crippen molar-refractivity contribution in [3.8, 4) is 0 Å². The van der Waals surface area contributed by atoms with Crippen LogP contribution in [0, 0.1) is 0 Å². The van der Waals surface area contributed by atoms with E-state index in [1.165, 1.54) is 0 Å². The van der Waals surface area contributed by atoms with Crippen molar-refractivity contribution in [1.29, 1.82) is 0 Å². The van der Waals surface area contributed by atoms with Gasteiger partial charge in [-0.1, -0.05) is 13.3 Å². The number of carbonyl (C=O) groups is 2. The van der Waals surface area contributed by atoms with E-state index in [0.29, 0.717) is 19.4 Å². The average molecular weight is 198 g/mol. The smallest absolute Gasteiger partial charge is 0.374 e. The maximum atomic E-state index is 11.3. The van der Waals surface area contributed by atoms with E-state index >= 15 is 0 Å². The van der Waals surface area contributed by atoms with Gasteiger partial charge in [0.25, 0.3) is 0 Å². The molecule has 0 radical (unpaired) electrons. The molecule has 1 rings (SSSR count). The fraction of sp³-hybridized carbons (Fsp3) is 0.600. The lowest BCUT2D eigenvalue weighted by molar-refractivity contribution is -0.152. The van der Waals surface area contributed by atoms with E-state index in [4.69, 9.17) is 9.47 Å². The monoisotopic (exact) mass is 198 g/mol. The maximum absolute atomic E-state index is 11.3. The third-order valence-corrected chi connectivity index (χ3v) is 1.83. The van der Waals surface area contributed by atoms with Gasteiger partial charge >= 0.3 is 11.9 Å². The third-order valence-electron chi connectivity index (χ3n) is 1.83. The molecule has 1 aliphatic heterocycles. The normalized spacial score (nSPS) is 15.8. The van der Waals surface area contributed by atoms with Crippen molar-refractivity contribution >= 4 is 11.9 Å². The van der Waals surface area contributed by atoms with Gasteiger partial charge in [0.15, 0.2) is 0 Å². The number of hydrogen-bond donors (Lipinski definition) is 0. The first-order chi connectivity index (χ1) is 6.74. The van der Waals surface area contributed by atoms with Crippen molar-refractivity contribution in [3.63, 3.8) is 0 Å². The van der Waals surface area contributed by atoms with Gasteiger partial charge < -0.3 is 9.47 Å². The summed E-state index contributed by atoms with van der Waals surface area (Å²) in [6.07, 6.45) is 4.28. The van der Waals surface area contributed by atoms with Crippen molar-refractivity contribution in [3.05, 3.63) is 11.8 Å². The summed E-state index contributed by atoms with van der Waals surface area (Å²) in [5.41, 5.74) is 0. The van der Waals surface area contributed by atoms with Crippen molar-refractivity contribution in [2.24, 2.45) is 0 Å². The zero-order chi connectivity index (χ0) is 10.4. The van der Waals surface area contributed by atoms with E-state index in [1.807, 2.05) is 6.92 Å². The Morgan fingerprint density at radius 3 is 3.07 bits per heavy atom. The molecule has 0 atom stereocenters. The van der Waals surface area contributed by atoms with Crippen molar-refractivity contribution in [1.82, 2.24) is 0 Å². The molecule has 0 spiro atoms. The van der Waals surface area contributed by atoms with Gasteiger partial charge in [-0.05, 0) is 18.9 Å². The number of rotatable bonds is 4. The molecule has 0 bridgehead atoms. The minimum absolute atomic E-state index is 0.0392. The quantitative estimate of drug-likeness (QED) is 0.508. The molecule has 78 valence electrons. The summed E-state index contributed by atoms with van der Waals surface area (Å²) in [5.74, 6) is -0.862. The molecular weight excluding hydrogens is 184 g/mol. The fourth-order valence-electron chi connectivity index (χ4n) is 1.04. The van der Waals surface area contributed by atoms with Gasteiger partial charge in [-0.2, -0.15) is 0 Å². The maximum Gasteiger partial charge on any atom is 0.374 e. The fourth-order valence-corrected chi connectivity index (χ4v) is 1.04. The molecule has 4 nitrogen and oxygen atoms in total. The first-order valence-electron chi connectivity index (χ1n) is 4.82. The predicted octanol–water partition coefficient (Wildman–Crippen LogP) is 1.55. The molecule has 1 heterocycles. The minimum Gasteiger partial charge on any atom is -0.460 e. The Morgan fingerprint density at radius 1 is 1.64 bits per heavy atom. The molecule has 0 aromatic carbocycles. The summed E-state index contributed by atoms with van der Waals surface area (Å²) in [6, 6.07) is 0. The number of unbranched alkanes of at least 4 members (excludes halogenated alkanes) is 1. The molecule has 0 N–H and O–H groups in total. The highest BCUT2D eigenvalue weighted by atomic mass is 16.6. The van der Waals surface area contributed by atoms with E-state index < -0.39 is 5.97 Å². The van der Waals surface area contributed by atoms with E-state index in [2.05, 4.69) is 0 Å². The molecule has 0 amide bonds. The Kier molecular flexibility index (Phi) is 4.16. The Balaban J connectivity index is 2.36. The van der Waals surface area contributed by atoms with Crippen molar-refractivity contribution in [2.45, 2.75) is 32.6 Å². The summed E-state index contributed by atoms with van der Waals surface area (Å²) < 4.78 is 9.61. The summed E-state index contributed by atoms with van der Waals surface area (Å²) >= 11 is 0. The largest absolute Gasteiger partial charge is 0.460 e. The predicted molar refractivity (Wildman–Crippen MR) is 49.3 cm³/mol. The van der Waals surface area contributed by atoms with Gasteiger partial charge in [0, 0.05) is 6.42 Å². The molecule has 0 aromatic heterocycles. The van der Waals surface area contributed by atoms with Crippen LogP contribution in [0.4, 0.5) is 0 Å². The SMILES string of the molecule is CCCCOC(=O)C1=CCCC(=O)O1. The van der Waals surface area contributed by atoms with Crippen LogP contribution in [0.5, 0.6) is 0 Å². The molecule has 14 heavy (non-hydrogen) atoms. The number of esters is 2. The zero-order valence-corrected chi connectivity index (χ0v) is 8.25. The Morgan fingerprint density at radius 2 is 2.43 bits per heavy atom. The number of cyclic esters (lactones) is 1. The van der Waals surface area contributed by atoms with Crippen LogP contribution in [0.2, 0.25) is 0 Å². The molecule has 0 fully saturated rings. The van der Waals surface area contributed by atoms with Crippen LogP contribution in [0.3, 0.4) is 0 Å². The van der Waals surface area contributed by atoms with Crippen LogP contribution in [-0.4, -0.2) is 18.5 Å². The second-order valence-corrected chi connectivity index (χ2v) is 3.07. The van der Waals surface area contributed by atoms with Gasteiger partial charge in [-0.25, -0.2) is 4.79 Å². The molecule has 1 aliphatic rings. The van der Waals surface area contributed by atoms with E-state index in [9.17, 15) is 9.59 Å². The summed E-state index contributed by atoms with van der Waals surface area (Å²) in [5, 5.41) is 0. The van der Waals surface area contributed by atoms with Crippen LogP contribution in [0.15, 0.2) is 11.8 Å². The number of ether oxygens (including phenoxy) is 2. The molecule has 0 saturated carbocycles. The van der Waals surface area contributed by atoms with Crippen LogP contribution in [-0.2, 0) is 19.1 Å². The first kappa shape index (κ1) is 10.8. The zero-order valence-electron chi connectivity index (χ0n) is 8.25. The van der Waals surface area contributed by atoms with Gasteiger partial charge in [0.1, 0.15) is 0 Å². The van der Waals surface area contributed by atoms with Crippen LogP contribution in [0.25, 0.3) is 0 Å². The van der Waals surface area contributed by atoms with Crippen LogP contribution in [0.1, 0.15) is 32.6 Å². The molecule has 0 saturated heterocycles. The van der Waals surface area contributed by atoms with Crippen molar-refractivity contribution in [2.75, 3.05) is 6.61 Å². The van der Waals surface area contributed by atoms with E-state index in [-0.39, 0.29) is 11.7 Å². The first-order valence-corrected chi connectivity index (χ1v) is 4.82. The molecule has 4 heteroatoms. The lowest BCUT2D eigenvalue weighted by Crippen LogP contribution is -2.18. The van der Waals surface area contributed by atoms with Gasteiger partial charge in [-0.3, -0.25) is 4.79 Å². The van der Waals surface area contributed by atoms with Gasteiger partial charge in [0.05, 0.1) is 6.61 Å². The average Bonchev–Trinajstić information content (AvgIpc) is 2.18. The summed E-state index contributed by atoms with van der Waals surface area (Å²) in [4.78, 5) is 22.1. The summed E-state index contributed by atoms with van der Waals surface area (Å²) in [6.45, 7) is 2.39. The van der Waals surface area contributed by atoms with Crippen LogP contribution < -0.4 is 0 Å². The molecule has 0 aliphatic carbocycles. The summed E-state index contributed by atoms with van der Waals surface area (Å²) in [7, 11) is 0. The van der Waals surface area contributed by atoms with Crippen LogP contribution >= 0.6 is 0 Å². The van der Waals surface area contributed by atoms with Gasteiger partial charge in [-0.15, -0.1) is 0 Å². The highest BCUT2D eigenvalue weighted by Crippen LogP contribution is 2.12. The number of hydrogen-bond acceptors (Lipinski definition) is 4. The lowest BCUT2D eigenvalue weighted by Gasteiger charge is -2.11. The Hall–Kier alpha value is -1.32. The molecule has 0 unspecified atom stereocenters. The second kappa shape index (κ2) is 5.42. The third kappa shape index (κ3) is 3.20. The van der Waals surface area contributed by atoms with E-state index in [1.54, 1.807) is 6.08 Å². The number of carbonyl (C=O) groups excluding carboxylic acids is 2. The van der Waals surface area contributed by atoms with E-state index in [0.717, 1.165) is 12.8 Å². The highest BCUT2D eigenvalue weighted by molar-refractivity contribution is 5.90. The topological polar surface area (TPSA) is 52.6 Å². The standard InChI is InChI=1S/C10H14O4/c1-2-3-7-13-10(12)8-5-4-6-9(11)14-8/h5H,2-4,6-7H2,1H3. The van der Waals surface area contributed by atoms with Crippen molar-refractivity contribution < 1.29 is 19.1 Å².